The van der Waals surface area contributed by atoms with E-state index in [-0.39, 0.29) is 24.5 Å². The number of likely N-dealkylation sites (N-methyl/N-ethyl adjacent to an activating group) is 1. The van der Waals surface area contributed by atoms with Gasteiger partial charge >= 0.3 is 5.69 Å². The molecule has 0 saturated carbocycles. The quantitative estimate of drug-likeness (QED) is 0.342. The number of aromatic nitrogens is 4. The molecule has 4 N–H and O–H groups in total. The van der Waals surface area contributed by atoms with E-state index in [1.165, 1.54) is 0 Å². The van der Waals surface area contributed by atoms with Gasteiger partial charge in [0.15, 0.2) is 11.5 Å². The minimum absolute atomic E-state index is 0.0287. The van der Waals surface area contributed by atoms with Crippen LogP contribution in [-0.2, 0) is 6.54 Å². The standard InChI is InChI=1S/C21H28N6O5/c1-12-9-13-15(10-14(12)26-7-5-25(2)6-8-26)27(4-3-16(29)17(30)11-28)19-18(22-13)20(31)24-21(32)23-19/h9-10,16-17,28-30H,3-8,11H2,1-2H3,(H,24,31,32). The highest BCUT2D eigenvalue weighted by molar-refractivity contribution is 5.84. The molecular weight excluding hydrogens is 416 g/mol. The van der Waals surface area contributed by atoms with E-state index in [0.29, 0.717) is 11.0 Å². The second-order valence-corrected chi connectivity index (χ2v) is 8.33. The van der Waals surface area contributed by atoms with E-state index in [4.69, 9.17) is 5.11 Å². The van der Waals surface area contributed by atoms with Crippen LogP contribution in [0.2, 0.25) is 0 Å². The van der Waals surface area contributed by atoms with E-state index < -0.39 is 30.1 Å². The average Bonchev–Trinajstić information content (AvgIpc) is 2.76. The molecule has 3 aliphatic heterocycles. The lowest BCUT2D eigenvalue weighted by Crippen LogP contribution is -2.44. The lowest BCUT2D eigenvalue weighted by Gasteiger charge is -2.35. The van der Waals surface area contributed by atoms with Gasteiger partial charge in [0.05, 0.1) is 23.7 Å². The van der Waals surface area contributed by atoms with Crippen LogP contribution in [0, 0.1) is 6.92 Å². The largest absolute Gasteiger partial charge is 0.394 e. The molecule has 2 atom stereocenters. The fourth-order valence-electron chi connectivity index (χ4n) is 4.12. The maximum atomic E-state index is 12.4. The number of piperazine rings is 1. The fourth-order valence-corrected chi connectivity index (χ4v) is 4.12. The second kappa shape index (κ2) is 8.94. The normalized spacial score (nSPS) is 17.2. The van der Waals surface area contributed by atoms with Crippen molar-refractivity contribution >= 4 is 16.7 Å². The predicted molar refractivity (Wildman–Crippen MR) is 119 cm³/mol. The minimum Gasteiger partial charge on any atom is -0.394 e. The average molecular weight is 444 g/mol. The van der Waals surface area contributed by atoms with Crippen molar-refractivity contribution in [3.8, 4) is 11.5 Å². The van der Waals surface area contributed by atoms with Crippen molar-refractivity contribution in [2.24, 2.45) is 0 Å². The Kier molecular flexibility index (Phi) is 6.24. The number of hydrogen-bond donors (Lipinski definition) is 4. The smallest absolute Gasteiger partial charge is 0.349 e. The Balaban J connectivity index is 1.87. The van der Waals surface area contributed by atoms with Crippen LogP contribution >= 0.6 is 0 Å². The van der Waals surface area contributed by atoms with Crippen LogP contribution in [0.15, 0.2) is 21.7 Å². The number of nitrogens with zero attached hydrogens (tertiary/aromatic N) is 5. The highest BCUT2D eigenvalue weighted by atomic mass is 16.4. The molecular formula is C21H28N6O5. The van der Waals surface area contributed by atoms with Gasteiger partial charge in [-0.25, -0.2) is 9.78 Å². The van der Waals surface area contributed by atoms with E-state index >= 15 is 0 Å². The molecule has 0 aromatic heterocycles. The summed E-state index contributed by atoms with van der Waals surface area (Å²) in [7, 11) is 2.09. The van der Waals surface area contributed by atoms with Crippen molar-refractivity contribution in [2.45, 2.75) is 32.1 Å². The summed E-state index contributed by atoms with van der Waals surface area (Å²) in [6.45, 7) is 5.20. The highest BCUT2D eigenvalue weighted by Crippen LogP contribution is 2.29. The number of aryl methyl sites for hydroxylation is 2. The van der Waals surface area contributed by atoms with Gasteiger partial charge in [-0.2, -0.15) is 4.98 Å². The number of fused-ring (bicyclic) bond motifs is 2. The van der Waals surface area contributed by atoms with Gasteiger partial charge in [-0.1, -0.05) is 0 Å². The van der Waals surface area contributed by atoms with Gasteiger partial charge in [0.2, 0.25) is 0 Å². The second-order valence-electron chi connectivity index (χ2n) is 8.33. The van der Waals surface area contributed by atoms with Gasteiger partial charge in [-0.3, -0.25) is 9.78 Å². The molecule has 0 amide bonds. The lowest BCUT2D eigenvalue weighted by molar-refractivity contribution is -0.0191. The van der Waals surface area contributed by atoms with E-state index in [0.717, 1.165) is 37.4 Å². The first-order valence-corrected chi connectivity index (χ1v) is 10.6. The van der Waals surface area contributed by atoms with E-state index in [2.05, 4.69) is 31.8 Å². The Morgan fingerprint density at radius 3 is 2.50 bits per heavy atom. The number of aromatic amines is 1. The Bertz CT molecular complexity index is 1200. The first-order valence-electron chi connectivity index (χ1n) is 10.6. The molecule has 0 radical (unpaired) electrons. The summed E-state index contributed by atoms with van der Waals surface area (Å²) in [5.41, 5.74) is 1.90. The van der Waals surface area contributed by atoms with E-state index in [1.54, 1.807) is 4.57 Å². The van der Waals surface area contributed by atoms with Crippen LogP contribution in [0.4, 0.5) is 5.69 Å². The number of aliphatic hydroxyl groups excluding tert-OH is 3. The number of rotatable bonds is 6. The van der Waals surface area contributed by atoms with Gasteiger partial charge in [0.25, 0.3) is 5.56 Å². The third kappa shape index (κ3) is 4.24. The lowest BCUT2D eigenvalue weighted by atomic mass is 10.1. The molecule has 3 heterocycles. The number of hydrogen-bond acceptors (Lipinski definition) is 9. The van der Waals surface area contributed by atoms with Gasteiger partial charge in [-0.05, 0) is 38.1 Å². The van der Waals surface area contributed by atoms with Gasteiger partial charge in [0.1, 0.15) is 6.10 Å². The zero-order valence-corrected chi connectivity index (χ0v) is 18.2. The van der Waals surface area contributed by atoms with Gasteiger partial charge in [-0.15, -0.1) is 0 Å². The summed E-state index contributed by atoms with van der Waals surface area (Å²) >= 11 is 0. The maximum Gasteiger partial charge on any atom is 0.349 e. The Labute approximate surface area is 183 Å². The first-order chi connectivity index (χ1) is 15.3. The maximum absolute atomic E-state index is 12.4. The zero-order chi connectivity index (χ0) is 23.0. The SMILES string of the molecule is Cc1cc2nc3c(=O)[nH]c(=O)nc-3n(CCC(O)C(O)CO)c2cc1N1CCN(C)CC1. The number of H-pyrrole nitrogens is 1. The predicted octanol–water partition coefficient (Wildman–Crippen LogP) is -1.25. The van der Waals surface area contributed by atoms with Crippen molar-refractivity contribution in [3.63, 3.8) is 0 Å². The number of benzene rings is 1. The summed E-state index contributed by atoms with van der Waals surface area (Å²) in [5, 5.41) is 29.0. The van der Waals surface area contributed by atoms with Crippen LogP contribution in [0.1, 0.15) is 12.0 Å². The van der Waals surface area contributed by atoms with Crippen LogP contribution < -0.4 is 16.1 Å². The third-order valence-electron chi connectivity index (χ3n) is 6.05. The fraction of sp³-hybridized carbons (Fsp3) is 0.524. The molecule has 3 aliphatic rings. The monoisotopic (exact) mass is 444 g/mol. The molecule has 2 unspecified atom stereocenters. The third-order valence-corrected chi connectivity index (χ3v) is 6.05. The molecule has 11 nitrogen and oxygen atoms in total. The first kappa shape index (κ1) is 22.3. The van der Waals surface area contributed by atoms with E-state index in [1.807, 2.05) is 19.1 Å². The van der Waals surface area contributed by atoms with Crippen LogP contribution in [0.3, 0.4) is 0 Å². The van der Waals surface area contributed by atoms with Crippen LogP contribution in [0.25, 0.3) is 22.6 Å². The molecule has 32 heavy (non-hydrogen) atoms. The van der Waals surface area contributed by atoms with Gasteiger partial charge < -0.3 is 29.7 Å². The van der Waals surface area contributed by atoms with Crippen molar-refractivity contribution in [3.05, 3.63) is 38.5 Å². The topological polar surface area (TPSA) is 148 Å². The molecule has 11 heteroatoms. The zero-order valence-electron chi connectivity index (χ0n) is 18.2. The van der Waals surface area contributed by atoms with Crippen molar-refractivity contribution in [2.75, 3.05) is 44.7 Å². The van der Waals surface area contributed by atoms with Crippen LogP contribution in [-0.4, -0.2) is 91.8 Å². The highest BCUT2D eigenvalue weighted by Gasteiger charge is 2.23. The summed E-state index contributed by atoms with van der Waals surface area (Å²) in [6, 6.07) is 3.88. The van der Waals surface area contributed by atoms with Crippen molar-refractivity contribution in [1.29, 1.82) is 0 Å². The Hall–Kier alpha value is -2.86. The summed E-state index contributed by atoms with van der Waals surface area (Å²) in [4.78, 5) is 39.5. The molecule has 0 aliphatic carbocycles. The summed E-state index contributed by atoms with van der Waals surface area (Å²) in [5.74, 6) is 0.116. The molecule has 0 spiro atoms. The summed E-state index contributed by atoms with van der Waals surface area (Å²) < 4.78 is 1.68. The number of anilines is 1. The Morgan fingerprint density at radius 2 is 1.81 bits per heavy atom. The molecule has 0 bridgehead atoms. The molecule has 1 aromatic carbocycles. The molecule has 1 aromatic rings. The Morgan fingerprint density at radius 1 is 1.09 bits per heavy atom. The molecule has 172 valence electrons. The van der Waals surface area contributed by atoms with Crippen molar-refractivity contribution in [1.82, 2.24) is 24.4 Å². The van der Waals surface area contributed by atoms with Crippen molar-refractivity contribution < 1.29 is 15.3 Å². The molecule has 1 saturated heterocycles. The van der Waals surface area contributed by atoms with E-state index in [9.17, 15) is 19.8 Å². The molecule has 1 fully saturated rings. The molecule has 4 rings (SSSR count). The number of aliphatic hydroxyl groups is 3. The minimum atomic E-state index is -1.29. The summed E-state index contributed by atoms with van der Waals surface area (Å²) in [6.07, 6.45) is -2.38. The van der Waals surface area contributed by atoms with Crippen LogP contribution in [0.5, 0.6) is 0 Å². The van der Waals surface area contributed by atoms with Gasteiger partial charge in [0, 0.05) is 38.4 Å². The number of nitrogens with one attached hydrogen (secondary N) is 1.